The largest absolute Gasteiger partial charge is 0.465 e. The Morgan fingerprint density at radius 1 is 1.42 bits per heavy atom. The van der Waals surface area contributed by atoms with Crippen LogP contribution in [0.25, 0.3) is 0 Å². The average Bonchev–Trinajstić information content (AvgIpc) is 2.45. The van der Waals surface area contributed by atoms with Crippen LogP contribution in [0.15, 0.2) is 24.3 Å². The van der Waals surface area contributed by atoms with Gasteiger partial charge < -0.3 is 15.2 Å². The van der Waals surface area contributed by atoms with Crippen LogP contribution in [0, 0.1) is 0 Å². The van der Waals surface area contributed by atoms with Crippen LogP contribution in [0.3, 0.4) is 0 Å². The van der Waals surface area contributed by atoms with Gasteiger partial charge in [0.1, 0.15) is 0 Å². The van der Waals surface area contributed by atoms with E-state index in [1.165, 1.54) is 7.11 Å². The van der Waals surface area contributed by atoms with Gasteiger partial charge in [-0.25, -0.2) is 4.79 Å². The average molecular weight is 265 g/mol. The molecule has 1 aromatic rings. The maximum absolute atomic E-state index is 11.7. The lowest BCUT2D eigenvalue weighted by Gasteiger charge is -2.29. The standard InChI is InChI=1S/C15H23NO3/c1-4-15(2,9-10-17)16-11-12-7-5-6-8-13(12)14(18)19-3/h5-8,16-17H,4,9-11H2,1-3H3. The number of rotatable bonds is 7. The molecule has 0 saturated heterocycles. The van der Waals surface area contributed by atoms with E-state index in [9.17, 15) is 4.79 Å². The molecule has 106 valence electrons. The molecule has 1 rings (SSSR count). The molecule has 4 nitrogen and oxygen atoms in total. The van der Waals surface area contributed by atoms with Crippen molar-refractivity contribution in [2.45, 2.75) is 38.8 Å². The van der Waals surface area contributed by atoms with E-state index in [0.29, 0.717) is 18.5 Å². The topological polar surface area (TPSA) is 58.6 Å². The fourth-order valence-electron chi connectivity index (χ4n) is 1.93. The molecule has 0 heterocycles. The molecular formula is C15H23NO3. The minimum absolute atomic E-state index is 0.127. The van der Waals surface area contributed by atoms with Crippen LogP contribution in [0.1, 0.15) is 42.6 Å². The summed E-state index contributed by atoms with van der Waals surface area (Å²) in [6.45, 7) is 4.88. The second kappa shape index (κ2) is 7.26. The van der Waals surface area contributed by atoms with Gasteiger partial charge in [0.25, 0.3) is 0 Å². The minimum Gasteiger partial charge on any atom is -0.465 e. The highest BCUT2D eigenvalue weighted by Gasteiger charge is 2.21. The Morgan fingerprint density at radius 2 is 2.11 bits per heavy atom. The van der Waals surface area contributed by atoms with Crippen LogP contribution < -0.4 is 5.32 Å². The number of benzene rings is 1. The molecule has 0 amide bonds. The van der Waals surface area contributed by atoms with Crippen molar-refractivity contribution in [2.75, 3.05) is 13.7 Å². The Balaban J connectivity index is 2.80. The van der Waals surface area contributed by atoms with E-state index >= 15 is 0 Å². The highest BCUT2D eigenvalue weighted by molar-refractivity contribution is 5.90. The zero-order valence-electron chi connectivity index (χ0n) is 11.9. The first kappa shape index (κ1) is 15.7. The molecule has 0 spiro atoms. The summed E-state index contributed by atoms with van der Waals surface area (Å²) in [5, 5.41) is 12.5. The summed E-state index contributed by atoms with van der Waals surface area (Å²) >= 11 is 0. The first-order valence-corrected chi connectivity index (χ1v) is 6.58. The summed E-state index contributed by atoms with van der Waals surface area (Å²) in [7, 11) is 1.38. The summed E-state index contributed by atoms with van der Waals surface area (Å²) in [6.07, 6.45) is 1.60. The zero-order valence-corrected chi connectivity index (χ0v) is 11.9. The third kappa shape index (κ3) is 4.33. The molecule has 19 heavy (non-hydrogen) atoms. The van der Waals surface area contributed by atoms with Crippen LogP contribution in [-0.4, -0.2) is 30.3 Å². The van der Waals surface area contributed by atoms with Crippen molar-refractivity contribution in [1.82, 2.24) is 5.32 Å². The summed E-state index contributed by atoms with van der Waals surface area (Å²) in [6, 6.07) is 7.40. The summed E-state index contributed by atoms with van der Waals surface area (Å²) in [5.74, 6) is -0.322. The van der Waals surface area contributed by atoms with Gasteiger partial charge in [-0.05, 0) is 31.4 Å². The summed E-state index contributed by atoms with van der Waals surface area (Å²) in [4.78, 5) is 11.7. The van der Waals surface area contributed by atoms with Gasteiger partial charge in [-0.1, -0.05) is 25.1 Å². The second-order valence-electron chi connectivity index (χ2n) is 4.89. The summed E-state index contributed by atoms with van der Waals surface area (Å²) in [5.41, 5.74) is 1.37. The normalized spacial score (nSPS) is 13.9. The number of nitrogens with one attached hydrogen (secondary N) is 1. The van der Waals surface area contributed by atoms with Gasteiger partial charge in [0, 0.05) is 18.7 Å². The molecule has 0 aliphatic heterocycles. The van der Waals surface area contributed by atoms with Crippen LogP contribution in [0.5, 0.6) is 0 Å². The number of ether oxygens (including phenoxy) is 1. The molecule has 0 fully saturated rings. The smallest absolute Gasteiger partial charge is 0.338 e. The lowest BCUT2D eigenvalue weighted by molar-refractivity contribution is 0.0599. The molecule has 2 N–H and O–H groups in total. The van der Waals surface area contributed by atoms with Crippen molar-refractivity contribution in [2.24, 2.45) is 0 Å². The van der Waals surface area contributed by atoms with E-state index in [1.54, 1.807) is 6.07 Å². The van der Waals surface area contributed by atoms with Crippen molar-refractivity contribution in [3.63, 3.8) is 0 Å². The molecule has 0 saturated carbocycles. The van der Waals surface area contributed by atoms with E-state index in [0.717, 1.165) is 12.0 Å². The Hall–Kier alpha value is -1.39. The van der Waals surface area contributed by atoms with Gasteiger partial charge >= 0.3 is 5.97 Å². The molecule has 4 heteroatoms. The lowest BCUT2D eigenvalue weighted by atomic mass is 9.94. The maximum atomic E-state index is 11.7. The SMILES string of the molecule is CCC(C)(CCO)NCc1ccccc1C(=O)OC. The van der Waals surface area contributed by atoms with Crippen molar-refractivity contribution in [3.8, 4) is 0 Å². The fourth-order valence-corrected chi connectivity index (χ4v) is 1.93. The van der Waals surface area contributed by atoms with Crippen LogP contribution >= 0.6 is 0 Å². The Kier molecular flexibility index (Phi) is 5.99. The number of esters is 1. The van der Waals surface area contributed by atoms with Gasteiger partial charge in [-0.15, -0.1) is 0 Å². The van der Waals surface area contributed by atoms with E-state index in [2.05, 4.69) is 19.2 Å². The number of hydrogen-bond acceptors (Lipinski definition) is 4. The molecule has 0 aromatic heterocycles. The second-order valence-corrected chi connectivity index (χ2v) is 4.89. The molecule has 0 aliphatic rings. The fraction of sp³-hybridized carbons (Fsp3) is 0.533. The predicted octanol–water partition coefficient (Wildman–Crippen LogP) is 2.11. The Labute approximate surface area is 114 Å². The monoisotopic (exact) mass is 265 g/mol. The predicted molar refractivity (Wildman–Crippen MR) is 75.0 cm³/mol. The highest BCUT2D eigenvalue weighted by Crippen LogP contribution is 2.17. The van der Waals surface area contributed by atoms with Gasteiger partial charge in [0.05, 0.1) is 12.7 Å². The first-order valence-electron chi connectivity index (χ1n) is 6.58. The summed E-state index contributed by atoms with van der Waals surface area (Å²) < 4.78 is 4.78. The van der Waals surface area contributed by atoms with E-state index < -0.39 is 0 Å². The first-order chi connectivity index (χ1) is 9.06. The maximum Gasteiger partial charge on any atom is 0.338 e. The number of methoxy groups -OCH3 is 1. The molecule has 0 aliphatic carbocycles. The Morgan fingerprint density at radius 3 is 2.68 bits per heavy atom. The number of aliphatic hydroxyl groups is 1. The van der Waals surface area contributed by atoms with Gasteiger partial charge in [-0.3, -0.25) is 0 Å². The number of hydrogen-bond donors (Lipinski definition) is 2. The van der Waals surface area contributed by atoms with Crippen LogP contribution in [0.2, 0.25) is 0 Å². The third-order valence-corrected chi connectivity index (χ3v) is 3.57. The number of carbonyl (C=O) groups excluding carboxylic acids is 1. The quantitative estimate of drug-likeness (QED) is 0.741. The van der Waals surface area contributed by atoms with Gasteiger partial charge in [0.2, 0.25) is 0 Å². The molecule has 1 aromatic carbocycles. The van der Waals surface area contributed by atoms with Crippen molar-refractivity contribution < 1.29 is 14.6 Å². The molecule has 0 radical (unpaired) electrons. The van der Waals surface area contributed by atoms with Crippen LogP contribution in [0.4, 0.5) is 0 Å². The lowest BCUT2D eigenvalue weighted by Crippen LogP contribution is -2.42. The van der Waals surface area contributed by atoms with Gasteiger partial charge in [0.15, 0.2) is 0 Å². The molecular weight excluding hydrogens is 242 g/mol. The van der Waals surface area contributed by atoms with E-state index in [-0.39, 0.29) is 18.1 Å². The molecule has 0 bridgehead atoms. The van der Waals surface area contributed by atoms with Crippen molar-refractivity contribution >= 4 is 5.97 Å². The van der Waals surface area contributed by atoms with E-state index in [1.807, 2.05) is 18.2 Å². The van der Waals surface area contributed by atoms with Gasteiger partial charge in [-0.2, -0.15) is 0 Å². The molecule has 1 atom stereocenters. The zero-order chi connectivity index (χ0) is 14.3. The number of aliphatic hydroxyl groups excluding tert-OH is 1. The van der Waals surface area contributed by atoms with Crippen molar-refractivity contribution in [3.05, 3.63) is 35.4 Å². The third-order valence-electron chi connectivity index (χ3n) is 3.57. The minimum atomic E-state index is -0.322. The van der Waals surface area contributed by atoms with Crippen molar-refractivity contribution in [1.29, 1.82) is 0 Å². The van der Waals surface area contributed by atoms with E-state index in [4.69, 9.17) is 9.84 Å². The van der Waals surface area contributed by atoms with Crippen LogP contribution in [-0.2, 0) is 11.3 Å². The Bertz CT molecular complexity index is 420. The molecule has 1 unspecified atom stereocenters. The highest BCUT2D eigenvalue weighted by atomic mass is 16.5. The number of carbonyl (C=O) groups is 1.